The minimum absolute atomic E-state index is 0.146. The number of hydrogen-bond acceptors (Lipinski definition) is 3. The average Bonchev–Trinajstić information content (AvgIpc) is 2.59. The van der Waals surface area contributed by atoms with E-state index < -0.39 is 0 Å². The standard InChI is InChI=1S/C20H27N3O/c1-16(2)14-22-15-19(13-21)20(24)23-10-8-18(9-11-23)12-17-6-4-3-5-7-17/h3-7,15-16,18,22H,8-12,14H2,1-2H3/b19-15-. The number of nitrogens with one attached hydrogen (secondary N) is 1. The molecule has 1 saturated heterocycles. The second-order valence-electron chi connectivity index (χ2n) is 6.90. The van der Waals surface area contributed by atoms with E-state index in [4.69, 9.17) is 0 Å². The molecular weight excluding hydrogens is 298 g/mol. The smallest absolute Gasteiger partial charge is 0.265 e. The summed E-state index contributed by atoms with van der Waals surface area (Å²) in [6.07, 6.45) is 4.63. The van der Waals surface area contributed by atoms with Crippen LogP contribution in [0.25, 0.3) is 0 Å². The van der Waals surface area contributed by atoms with Gasteiger partial charge in [0.25, 0.3) is 5.91 Å². The number of rotatable bonds is 6. The van der Waals surface area contributed by atoms with Crippen molar-refractivity contribution < 1.29 is 4.79 Å². The third-order valence-electron chi connectivity index (χ3n) is 4.39. The highest BCUT2D eigenvalue weighted by Crippen LogP contribution is 2.22. The summed E-state index contributed by atoms with van der Waals surface area (Å²) in [5, 5.41) is 12.3. The number of carbonyl (C=O) groups is 1. The first-order chi connectivity index (χ1) is 11.6. The Morgan fingerprint density at radius 2 is 2.00 bits per heavy atom. The lowest BCUT2D eigenvalue weighted by Crippen LogP contribution is -2.39. The van der Waals surface area contributed by atoms with Gasteiger partial charge in [-0.15, -0.1) is 0 Å². The van der Waals surface area contributed by atoms with Gasteiger partial charge < -0.3 is 10.2 Å². The van der Waals surface area contributed by atoms with E-state index in [1.165, 1.54) is 5.56 Å². The fourth-order valence-corrected chi connectivity index (χ4v) is 3.00. The molecule has 0 radical (unpaired) electrons. The zero-order valence-corrected chi connectivity index (χ0v) is 14.7. The highest BCUT2D eigenvalue weighted by molar-refractivity contribution is 5.97. The van der Waals surface area contributed by atoms with Crippen molar-refractivity contribution in [2.24, 2.45) is 11.8 Å². The van der Waals surface area contributed by atoms with Gasteiger partial charge in [-0.1, -0.05) is 44.2 Å². The van der Waals surface area contributed by atoms with E-state index in [0.717, 1.165) is 38.9 Å². The molecule has 0 spiro atoms. The molecule has 1 aromatic carbocycles. The monoisotopic (exact) mass is 325 g/mol. The van der Waals surface area contributed by atoms with Crippen molar-refractivity contribution in [3.8, 4) is 6.07 Å². The van der Waals surface area contributed by atoms with E-state index in [1.807, 2.05) is 17.0 Å². The van der Waals surface area contributed by atoms with E-state index in [-0.39, 0.29) is 11.5 Å². The molecule has 1 aliphatic rings. The van der Waals surface area contributed by atoms with E-state index in [0.29, 0.717) is 11.8 Å². The maximum Gasteiger partial charge on any atom is 0.265 e. The third kappa shape index (κ3) is 5.42. The van der Waals surface area contributed by atoms with Gasteiger partial charge in [-0.3, -0.25) is 4.79 Å². The Labute approximate surface area is 145 Å². The molecule has 4 nitrogen and oxygen atoms in total. The molecular formula is C20H27N3O. The topological polar surface area (TPSA) is 56.1 Å². The minimum Gasteiger partial charge on any atom is -0.389 e. The molecule has 1 heterocycles. The summed E-state index contributed by atoms with van der Waals surface area (Å²) < 4.78 is 0. The first-order valence-electron chi connectivity index (χ1n) is 8.77. The second kappa shape index (κ2) is 9.12. The van der Waals surface area contributed by atoms with Gasteiger partial charge in [0.05, 0.1) is 0 Å². The zero-order chi connectivity index (χ0) is 17.4. The molecule has 0 unspecified atom stereocenters. The molecule has 0 saturated carbocycles. The van der Waals surface area contributed by atoms with Crippen LogP contribution in [0.1, 0.15) is 32.3 Å². The molecule has 1 aliphatic heterocycles. The lowest BCUT2D eigenvalue weighted by Gasteiger charge is -2.32. The number of benzene rings is 1. The first kappa shape index (κ1) is 18.1. The number of carbonyl (C=O) groups excluding carboxylic acids is 1. The van der Waals surface area contributed by atoms with Crippen LogP contribution in [0.15, 0.2) is 42.1 Å². The zero-order valence-electron chi connectivity index (χ0n) is 14.7. The van der Waals surface area contributed by atoms with Crippen molar-refractivity contribution in [3.05, 3.63) is 47.7 Å². The molecule has 0 aromatic heterocycles. The Balaban J connectivity index is 1.84. The summed E-state index contributed by atoms with van der Waals surface area (Å²) >= 11 is 0. The number of nitriles is 1. The average molecular weight is 325 g/mol. The SMILES string of the molecule is CC(C)CN/C=C(/C#N)C(=O)N1CCC(Cc2ccccc2)CC1. The summed E-state index contributed by atoms with van der Waals surface area (Å²) in [4.78, 5) is 14.3. The van der Waals surface area contributed by atoms with E-state index in [1.54, 1.807) is 6.20 Å². The number of amides is 1. The Morgan fingerprint density at radius 1 is 1.33 bits per heavy atom. The van der Waals surface area contributed by atoms with Crippen molar-refractivity contribution >= 4 is 5.91 Å². The van der Waals surface area contributed by atoms with Gasteiger partial charge in [-0.2, -0.15) is 5.26 Å². The van der Waals surface area contributed by atoms with Crippen LogP contribution >= 0.6 is 0 Å². The maximum atomic E-state index is 12.5. The van der Waals surface area contributed by atoms with Gasteiger partial charge >= 0.3 is 0 Å². The summed E-state index contributed by atoms with van der Waals surface area (Å²) in [5.74, 6) is 0.946. The summed E-state index contributed by atoms with van der Waals surface area (Å²) in [6.45, 7) is 6.41. The Bertz CT molecular complexity index is 593. The fraction of sp³-hybridized carbons (Fsp3) is 0.500. The number of likely N-dealkylation sites (tertiary alicyclic amines) is 1. The molecule has 0 aliphatic carbocycles. The Morgan fingerprint density at radius 3 is 2.58 bits per heavy atom. The first-order valence-corrected chi connectivity index (χ1v) is 8.77. The molecule has 2 rings (SSSR count). The van der Waals surface area contributed by atoms with E-state index in [2.05, 4.69) is 43.4 Å². The minimum atomic E-state index is -0.146. The molecule has 0 bridgehead atoms. The number of nitrogens with zero attached hydrogens (tertiary/aromatic N) is 2. The van der Waals surface area contributed by atoms with Gasteiger partial charge in [-0.05, 0) is 36.7 Å². The van der Waals surface area contributed by atoms with Crippen LogP contribution in [0.2, 0.25) is 0 Å². The number of hydrogen-bond donors (Lipinski definition) is 1. The van der Waals surface area contributed by atoms with Gasteiger partial charge in [0.1, 0.15) is 11.6 Å². The maximum absolute atomic E-state index is 12.5. The molecule has 1 amide bonds. The Kier molecular flexibility index (Phi) is 6.87. The van der Waals surface area contributed by atoms with Crippen LogP contribution in [0, 0.1) is 23.2 Å². The van der Waals surface area contributed by atoms with Gasteiger partial charge in [0.2, 0.25) is 0 Å². The van der Waals surface area contributed by atoms with Crippen LogP contribution < -0.4 is 5.32 Å². The van der Waals surface area contributed by atoms with Crippen molar-refractivity contribution in [3.63, 3.8) is 0 Å². The molecule has 1 fully saturated rings. The molecule has 0 atom stereocenters. The summed E-state index contributed by atoms with van der Waals surface area (Å²) in [6, 6.07) is 12.5. The highest BCUT2D eigenvalue weighted by atomic mass is 16.2. The fourth-order valence-electron chi connectivity index (χ4n) is 3.00. The molecule has 24 heavy (non-hydrogen) atoms. The van der Waals surface area contributed by atoms with Crippen molar-refractivity contribution in [1.82, 2.24) is 10.2 Å². The largest absolute Gasteiger partial charge is 0.389 e. The van der Waals surface area contributed by atoms with Gasteiger partial charge in [0.15, 0.2) is 0 Å². The lowest BCUT2D eigenvalue weighted by molar-refractivity contribution is -0.128. The molecule has 128 valence electrons. The lowest BCUT2D eigenvalue weighted by atomic mass is 9.90. The quantitative estimate of drug-likeness (QED) is 0.646. The van der Waals surface area contributed by atoms with Crippen molar-refractivity contribution in [2.45, 2.75) is 33.1 Å². The second-order valence-corrected chi connectivity index (χ2v) is 6.90. The van der Waals surface area contributed by atoms with Crippen LogP contribution in [0.3, 0.4) is 0 Å². The van der Waals surface area contributed by atoms with Gasteiger partial charge in [0, 0.05) is 25.8 Å². The molecule has 4 heteroatoms. The van der Waals surface area contributed by atoms with Crippen LogP contribution in [-0.2, 0) is 11.2 Å². The Hall–Kier alpha value is -2.28. The highest BCUT2D eigenvalue weighted by Gasteiger charge is 2.25. The number of piperidine rings is 1. The normalized spacial score (nSPS) is 16.1. The predicted octanol–water partition coefficient (Wildman–Crippen LogP) is 3.12. The molecule has 1 aromatic rings. The summed E-state index contributed by atoms with van der Waals surface area (Å²) in [5.41, 5.74) is 1.56. The van der Waals surface area contributed by atoms with E-state index in [9.17, 15) is 10.1 Å². The summed E-state index contributed by atoms with van der Waals surface area (Å²) in [7, 11) is 0. The van der Waals surface area contributed by atoms with Crippen LogP contribution in [0.5, 0.6) is 0 Å². The van der Waals surface area contributed by atoms with Gasteiger partial charge in [-0.25, -0.2) is 0 Å². The molecule has 1 N–H and O–H groups in total. The van der Waals surface area contributed by atoms with Crippen molar-refractivity contribution in [2.75, 3.05) is 19.6 Å². The van der Waals surface area contributed by atoms with Crippen molar-refractivity contribution in [1.29, 1.82) is 5.26 Å². The predicted molar refractivity (Wildman–Crippen MR) is 96.0 cm³/mol. The third-order valence-corrected chi connectivity index (χ3v) is 4.39. The van der Waals surface area contributed by atoms with E-state index >= 15 is 0 Å². The van der Waals surface area contributed by atoms with Crippen LogP contribution in [0.4, 0.5) is 0 Å². The van der Waals surface area contributed by atoms with Crippen LogP contribution in [-0.4, -0.2) is 30.4 Å².